The van der Waals surface area contributed by atoms with E-state index >= 15 is 0 Å². The fraction of sp³-hybridized carbons (Fsp3) is 0.619. The van der Waals surface area contributed by atoms with Crippen LogP contribution >= 0.6 is 21.6 Å². The molecule has 0 aliphatic heterocycles. The lowest BCUT2D eigenvalue weighted by Crippen LogP contribution is -2.29. The third kappa shape index (κ3) is 18.4. The van der Waals surface area contributed by atoms with Crippen LogP contribution in [0.2, 0.25) is 0 Å². The summed E-state index contributed by atoms with van der Waals surface area (Å²) in [6.45, 7) is 2.68. The van der Waals surface area contributed by atoms with Crippen molar-refractivity contribution in [1.29, 1.82) is 0 Å². The standard InChI is InChI=1S/C21H33N3O7S2/c1-22-19(26)16-31-14-11-28-9-4-5-18(25)15-30-13-12-29-10-8-23-20(27)17-32-33-21-6-2-3-7-24-21/h2-3,6-7H,4-5,8-17H2,1H3,(H,22,26)(H,23,27). The number of rotatable bonds is 21. The SMILES string of the molecule is CNC(=O)COCCOCCCC(=O)COCCOCCNC(=O)CSSc1ccccn1. The molecule has 0 fully saturated rings. The van der Waals surface area contributed by atoms with E-state index in [1.165, 1.54) is 21.6 Å². The van der Waals surface area contributed by atoms with Gasteiger partial charge in [0.15, 0.2) is 5.78 Å². The molecule has 0 unspecified atom stereocenters. The van der Waals surface area contributed by atoms with E-state index in [0.29, 0.717) is 64.8 Å². The summed E-state index contributed by atoms with van der Waals surface area (Å²) in [5.74, 6) is 0.0970. The smallest absolute Gasteiger partial charge is 0.245 e. The van der Waals surface area contributed by atoms with E-state index in [0.717, 1.165) is 5.03 Å². The Balaban J connectivity index is 1.81. The minimum Gasteiger partial charge on any atom is -0.379 e. The monoisotopic (exact) mass is 503 g/mol. The molecule has 1 heterocycles. The summed E-state index contributed by atoms with van der Waals surface area (Å²) in [6.07, 6.45) is 2.70. The molecule has 2 N–H and O–H groups in total. The maximum Gasteiger partial charge on any atom is 0.245 e. The second kappa shape index (κ2) is 20.9. The molecule has 1 aromatic heterocycles. The summed E-state index contributed by atoms with van der Waals surface area (Å²) < 4.78 is 21.1. The van der Waals surface area contributed by atoms with Crippen LogP contribution in [0.3, 0.4) is 0 Å². The van der Waals surface area contributed by atoms with Gasteiger partial charge in [-0.05, 0) is 29.3 Å². The van der Waals surface area contributed by atoms with Crippen LogP contribution in [0.1, 0.15) is 12.8 Å². The molecular weight excluding hydrogens is 470 g/mol. The highest BCUT2D eigenvalue weighted by Gasteiger charge is 2.04. The molecule has 186 valence electrons. The lowest BCUT2D eigenvalue weighted by atomic mass is 10.2. The summed E-state index contributed by atoms with van der Waals surface area (Å²) in [4.78, 5) is 38.6. The van der Waals surface area contributed by atoms with Gasteiger partial charge in [-0.1, -0.05) is 16.9 Å². The molecule has 0 bridgehead atoms. The topological polar surface area (TPSA) is 125 Å². The molecule has 2 amide bonds. The Bertz CT molecular complexity index is 669. The summed E-state index contributed by atoms with van der Waals surface area (Å²) in [5, 5.41) is 6.10. The van der Waals surface area contributed by atoms with E-state index in [2.05, 4.69) is 15.6 Å². The van der Waals surface area contributed by atoms with Crippen LogP contribution in [0.25, 0.3) is 0 Å². The molecule has 0 aromatic carbocycles. The van der Waals surface area contributed by atoms with E-state index < -0.39 is 0 Å². The van der Waals surface area contributed by atoms with Crippen LogP contribution in [0.5, 0.6) is 0 Å². The third-order valence-corrected chi connectivity index (χ3v) is 5.93. The minimum atomic E-state index is -0.181. The highest BCUT2D eigenvalue weighted by molar-refractivity contribution is 8.76. The van der Waals surface area contributed by atoms with Crippen molar-refractivity contribution in [2.45, 2.75) is 17.9 Å². The van der Waals surface area contributed by atoms with Crippen molar-refractivity contribution >= 4 is 39.2 Å². The Morgan fingerprint density at radius 3 is 2.36 bits per heavy atom. The Morgan fingerprint density at radius 2 is 1.64 bits per heavy atom. The van der Waals surface area contributed by atoms with E-state index in [1.54, 1.807) is 13.2 Å². The van der Waals surface area contributed by atoms with Crippen molar-refractivity contribution in [3.05, 3.63) is 24.4 Å². The number of hydrogen-bond donors (Lipinski definition) is 2. The van der Waals surface area contributed by atoms with Gasteiger partial charge in [0, 0.05) is 32.8 Å². The number of nitrogens with zero attached hydrogens (tertiary/aromatic N) is 1. The lowest BCUT2D eigenvalue weighted by Gasteiger charge is -2.07. The van der Waals surface area contributed by atoms with Crippen LogP contribution in [0.4, 0.5) is 0 Å². The Hall–Kier alpha value is -1.70. The zero-order valence-electron chi connectivity index (χ0n) is 18.9. The van der Waals surface area contributed by atoms with Gasteiger partial charge in [-0.2, -0.15) is 0 Å². The van der Waals surface area contributed by atoms with E-state index in [4.69, 9.17) is 18.9 Å². The van der Waals surface area contributed by atoms with E-state index in [9.17, 15) is 14.4 Å². The molecule has 1 rings (SSSR count). The first-order valence-corrected chi connectivity index (χ1v) is 12.9. The number of nitrogens with one attached hydrogen (secondary N) is 2. The van der Waals surface area contributed by atoms with Crippen LogP contribution in [0.15, 0.2) is 29.4 Å². The average Bonchev–Trinajstić information content (AvgIpc) is 2.82. The molecule has 33 heavy (non-hydrogen) atoms. The van der Waals surface area contributed by atoms with Gasteiger partial charge in [-0.3, -0.25) is 14.4 Å². The Kier molecular flexibility index (Phi) is 18.6. The predicted octanol–water partition coefficient (Wildman–Crippen LogP) is 1.10. The van der Waals surface area contributed by atoms with Crippen molar-refractivity contribution in [3.8, 4) is 0 Å². The molecule has 0 atom stereocenters. The summed E-state index contributed by atoms with van der Waals surface area (Å²) in [5.41, 5.74) is 0. The molecule has 0 saturated heterocycles. The molecule has 0 aliphatic carbocycles. The molecule has 0 radical (unpaired) electrons. The normalized spacial score (nSPS) is 10.7. The van der Waals surface area contributed by atoms with Gasteiger partial charge >= 0.3 is 0 Å². The average molecular weight is 504 g/mol. The van der Waals surface area contributed by atoms with Crippen LogP contribution < -0.4 is 10.6 Å². The number of ether oxygens (including phenoxy) is 4. The number of pyridine rings is 1. The molecule has 0 aliphatic rings. The maximum absolute atomic E-state index is 11.7. The second-order valence-corrected chi connectivity index (χ2v) is 8.83. The summed E-state index contributed by atoms with van der Waals surface area (Å²) >= 11 is 0. The number of aromatic nitrogens is 1. The quantitative estimate of drug-likeness (QED) is 0.186. The van der Waals surface area contributed by atoms with Crippen LogP contribution in [-0.2, 0) is 33.3 Å². The lowest BCUT2D eigenvalue weighted by molar-refractivity contribution is -0.126. The van der Waals surface area contributed by atoms with Gasteiger partial charge in [0.25, 0.3) is 0 Å². The summed E-state index contributed by atoms with van der Waals surface area (Å²) in [7, 11) is 4.43. The minimum absolute atomic E-state index is 0.00260. The van der Waals surface area contributed by atoms with Crippen molar-refractivity contribution < 1.29 is 33.3 Å². The number of amides is 2. The zero-order chi connectivity index (χ0) is 24.0. The first kappa shape index (κ1) is 29.3. The van der Waals surface area contributed by atoms with Gasteiger partial charge in [0.1, 0.15) is 18.2 Å². The van der Waals surface area contributed by atoms with Crippen molar-refractivity contribution in [2.75, 3.05) is 72.2 Å². The number of hydrogen-bond acceptors (Lipinski definition) is 10. The van der Waals surface area contributed by atoms with Gasteiger partial charge in [0.2, 0.25) is 11.8 Å². The maximum atomic E-state index is 11.7. The number of ketones is 1. The number of carbonyl (C=O) groups is 3. The van der Waals surface area contributed by atoms with E-state index in [-0.39, 0.29) is 30.8 Å². The third-order valence-electron chi connectivity index (χ3n) is 3.80. The van der Waals surface area contributed by atoms with Crippen molar-refractivity contribution in [3.63, 3.8) is 0 Å². The van der Waals surface area contributed by atoms with Gasteiger partial charge in [0.05, 0.1) is 38.8 Å². The Labute approximate surface area is 202 Å². The fourth-order valence-corrected chi connectivity index (χ4v) is 3.94. The second-order valence-electron chi connectivity index (χ2n) is 6.51. The highest BCUT2D eigenvalue weighted by Crippen LogP contribution is 2.28. The van der Waals surface area contributed by atoms with Crippen molar-refractivity contribution in [1.82, 2.24) is 15.6 Å². The highest BCUT2D eigenvalue weighted by atomic mass is 33.1. The van der Waals surface area contributed by atoms with Gasteiger partial charge in [-0.25, -0.2) is 4.98 Å². The van der Waals surface area contributed by atoms with Crippen LogP contribution in [-0.4, -0.2) is 94.8 Å². The first-order valence-electron chi connectivity index (χ1n) is 10.6. The predicted molar refractivity (Wildman–Crippen MR) is 127 cm³/mol. The number of carbonyl (C=O) groups excluding carboxylic acids is 3. The molecule has 12 heteroatoms. The van der Waals surface area contributed by atoms with Crippen molar-refractivity contribution in [2.24, 2.45) is 0 Å². The molecule has 0 spiro atoms. The van der Waals surface area contributed by atoms with Gasteiger partial charge < -0.3 is 29.6 Å². The first-order chi connectivity index (χ1) is 16.1. The largest absolute Gasteiger partial charge is 0.379 e. The molecule has 0 saturated carbocycles. The molecular formula is C21H33N3O7S2. The van der Waals surface area contributed by atoms with E-state index in [1.807, 2.05) is 18.2 Å². The van der Waals surface area contributed by atoms with Gasteiger partial charge in [-0.15, -0.1) is 0 Å². The zero-order valence-corrected chi connectivity index (χ0v) is 20.5. The number of Topliss-reactive ketones (excluding diaryl/α,β-unsaturated/α-hetero) is 1. The van der Waals surface area contributed by atoms with Crippen LogP contribution in [0, 0.1) is 0 Å². The fourth-order valence-electron chi connectivity index (χ4n) is 2.16. The molecule has 1 aromatic rings. The molecule has 10 nitrogen and oxygen atoms in total. The Morgan fingerprint density at radius 1 is 0.909 bits per heavy atom. The number of likely N-dealkylation sites (N-methyl/N-ethyl adjacent to an activating group) is 1. The summed E-state index contributed by atoms with van der Waals surface area (Å²) in [6, 6.07) is 5.64.